The van der Waals surface area contributed by atoms with Gasteiger partial charge < -0.3 is 0 Å². The summed E-state index contributed by atoms with van der Waals surface area (Å²) in [6.07, 6.45) is 4.32. The van der Waals surface area contributed by atoms with Gasteiger partial charge in [0.25, 0.3) is 0 Å². The molecule has 0 saturated carbocycles. The Balaban J connectivity index is 2.23. The maximum atomic E-state index is 2.28. The van der Waals surface area contributed by atoms with Crippen LogP contribution in [0.25, 0.3) is 0 Å². The fourth-order valence-corrected chi connectivity index (χ4v) is 6.61. The summed E-state index contributed by atoms with van der Waals surface area (Å²) in [6, 6.07) is 28.4. The lowest BCUT2D eigenvalue weighted by Gasteiger charge is -2.13. The summed E-state index contributed by atoms with van der Waals surface area (Å²) < 4.78 is 0. The molecule has 0 aliphatic rings. The van der Waals surface area contributed by atoms with Crippen LogP contribution in [0.5, 0.6) is 0 Å². The first kappa shape index (κ1) is 16.6. The SMILES string of the molecule is CSc1ccccc1[S+](c1ccccc1)c1ccccc1SC. The first-order valence-electron chi connectivity index (χ1n) is 7.40. The van der Waals surface area contributed by atoms with E-state index in [-0.39, 0.29) is 10.9 Å². The largest absolute Gasteiger partial charge is 0.180 e. The number of rotatable bonds is 5. The van der Waals surface area contributed by atoms with E-state index in [1.165, 1.54) is 24.5 Å². The summed E-state index contributed by atoms with van der Waals surface area (Å²) in [4.78, 5) is 6.90. The second-order valence-electron chi connectivity index (χ2n) is 4.92. The second kappa shape index (κ2) is 8.00. The molecular formula is C20H19S3+. The fraction of sp³-hybridized carbons (Fsp3) is 0.100. The van der Waals surface area contributed by atoms with Crippen LogP contribution in [0.15, 0.2) is 103 Å². The van der Waals surface area contributed by atoms with E-state index in [1.807, 2.05) is 23.5 Å². The van der Waals surface area contributed by atoms with Gasteiger partial charge >= 0.3 is 0 Å². The molecule has 23 heavy (non-hydrogen) atoms. The van der Waals surface area contributed by atoms with E-state index < -0.39 is 0 Å². The van der Waals surface area contributed by atoms with Gasteiger partial charge in [-0.15, -0.1) is 23.5 Å². The molecule has 3 rings (SSSR count). The summed E-state index contributed by atoms with van der Waals surface area (Å²) in [5, 5.41) is 0. The molecule has 0 atom stereocenters. The van der Waals surface area contributed by atoms with Gasteiger partial charge in [-0.3, -0.25) is 0 Å². The molecule has 3 aromatic carbocycles. The molecule has 3 aromatic rings. The topological polar surface area (TPSA) is 0 Å². The molecular weight excluding hydrogens is 336 g/mol. The van der Waals surface area contributed by atoms with Crippen LogP contribution < -0.4 is 0 Å². The van der Waals surface area contributed by atoms with E-state index >= 15 is 0 Å². The molecule has 0 nitrogen and oxygen atoms in total. The summed E-state index contributed by atoms with van der Waals surface area (Å²) in [6.45, 7) is 0. The van der Waals surface area contributed by atoms with E-state index in [0.29, 0.717) is 0 Å². The van der Waals surface area contributed by atoms with Crippen molar-refractivity contribution >= 4 is 34.4 Å². The Morgan fingerprint density at radius 3 is 1.48 bits per heavy atom. The molecule has 0 bridgehead atoms. The zero-order valence-electron chi connectivity index (χ0n) is 13.2. The van der Waals surface area contributed by atoms with Gasteiger partial charge in [-0.1, -0.05) is 42.5 Å². The van der Waals surface area contributed by atoms with Crippen LogP contribution in [0.3, 0.4) is 0 Å². The highest BCUT2D eigenvalue weighted by molar-refractivity contribution is 8.02. The third kappa shape index (κ3) is 3.63. The van der Waals surface area contributed by atoms with Gasteiger partial charge in [0.05, 0.1) is 9.79 Å². The molecule has 0 fully saturated rings. The van der Waals surface area contributed by atoms with Gasteiger partial charge in [0.15, 0.2) is 14.7 Å². The first-order chi connectivity index (χ1) is 11.3. The average molecular weight is 356 g/mol. The third-order valence-electron chi connectivity index (χ3n) is 3.56. The number of hydrogen-bond donors (Lipinski definition) is 0. The summed E-state index contributed by atoms with van der Waals surface area (Å²) >= 11 is 3.65. The van der Waals surface area contributed by atoms with Crippen LogP contribution in [0, 0.1) is 0 Å². The van der Waals surface area contributed by atoms with Gasteiger partial charge in [0, 0.05) is 0 Å². The van der Waals surface area contributed by atoms with Crippen LogP contribution in [0.4, 0.5) is 0 Å². The van der Waals surface area contributed by atoms with E-state index in [1.54, 1.807) is 0 Å². The number of hydrogen-bond acceptors (Lipinski definition) is 2. The quantitative estimate of drug-likeness (QED) is 0.393. The molecule has 0 saturated heterocycles. The lowest BCUT2D eigenvalue weighted by Crippen LogP contribution is -2.07. The second-order valence-corrected chi connectivity index (χ2v) is 8.58. The van der Waals surface area contributed by atoms with Gasteiger partial charge in [-0.05, 0) is 48.9 Å². The van der Waals surface area contributed by atoms with Crippen molar-refractivity contribution < 1.29 is 0 Å². The fourth-order valence-electron chi connectivity index (χ4n) is 2.50. The highest BCUT2D eigenvalue weighted by Gasteiger charge is 2.32. The average Bonchev–Trinajstić information content (AvgIpc) is 2.64. The van der Waals surface area contributed by atoms with Crippen LogP contribution in [-0.2, 0) is 10.9 Å². The summed E-state index contributed by atoms with van der Waals surface area (Å²) in [7, 11) is -0.0792. The zero-order chi connectivity index (χ0) is 16.1. The zero-order valence-corrected chi connectivity index (χ0v) is 15.7. The number of thioether (sulfide) groups is 2. The number of benzene rings is 3. The molecule has 0 amide bonds. The molecule has 0 aliphatic carbocycles. The Kier molecular flexibility index (Phi) is 5.76. The van der Waals surface area contributed by atoms with Gasteiger partial charge in [-0.2, -0.15) is 0 Å². The van der Waals surface area contributed by atoms with Crippen LogP contribution >= 0.6 is 23.5 Å². The first-order valence-corrected chi connectivity index (χ1v) is 11.1. The van der Waals surface area contributed by atoms with Crippen molar-refractivity contribution in [2.75, 3.05) is 12.5 Å². The Morgan fingerprint density at radius 1 is 0.565 bits per heavy atom. The minimum Gasteiger partial charge on any atom is -0.124 e. The molecule has 3 heteroatoms. The van der Waals surface area contributed by atoms with Crippen molar-refractivity contribution in [2.45, 2.75) is 24.5 Å². The van der Waals surface area contributed by atoms with Gasteiger partial charge in [0.2, 0.25) is 0 Å². The van der Waals surface area contributed by atoms with E-state index in [0.717, 1.165) is 0 Å². The maximum Gasteiger partial charge on any atom is 0.180 e. The molecule has 0 unspecified atom stereocenters. The van der Waals surface area contributed by atoms with Crippen molar-refractivity contribution in [1.29, 1.82) is 0 Å². The van der Waals surface area contributed by atoms with Crippen molar-refractivity contribution in [3.8, 4) is 0 Å². The van der Waals surface area contributed by atoms with Crippen LogP contribution in [-0.4, -0.2) is 12.5 Å². The lowest BCUT2D eigenvalue weighted by molar-refractivity contribution is 1.17. The smallest absolute Gasteiger partial charge is 0.124 e. The Hall–Kier alpha value is -1.29. The highest BCUT2D eigenvalue weighted by Crippen LogP contribution is 2.39. The van der Waals surface area contributed by atoms with Crippen molar-refractivity contribution in [1.82, 2.24) is 0 Å². The van der Waals surface area contributed by atoms with Gasteiger partial charge in [0.1, 0.15) is 10.9 Å². The van der Waals surface area contributed by atoms with Crippen molar-refractivity contribution in [3.63, 3.8) is 0 Å². The standard InChI is InChI=1S/C20H19S3/c1-21-17-12-6-8-14-19(17)23(16-10-4-3-5-11-16)20-15-9-7-13-18(20)22-2/h3-15H,1-2H3/q+1. The lowest BCUT2D eigenvalue weighted by atomic mass is 10.3. The van der Waals surface area contributed by atoms with E-state index in [4.69, 9.17) is 0 Å². The van der Waals surface area contributed by atoms with Gasteiger partial charge in [-0.25, -0.2) is 0 Å². The Morgan fingerprint density at radius 2 is 1.00 bits per heavy atom. The predicted octanol–water partition coefficient (Wildman–Crippen LogP) is 6.23. The minimum atomic E-state index is -0.0792. The van der Waals surface area contributed by atoms with Crippen LogP contribution in [0.1, 0.15) is 0 Å². The summed E-state index contributed by atoms with van der Waals surface area (Å²) in [5.41, 5.74) is 0. The molecule has 0 radical (unpaired) electrons. The predicted molar refractivity (Wildman–Crippen MR) is 105 cm³/mol. The normalized spacial score (nSPS) is 10.9. The van der Waals surface area contributed by atoms with Crippen molar-refractivity contribution in [2.24, 2.45) is 0 Å². The van der Waals surface area contributed by atoms with E-state index in [2.05, 4.69) is 91.4 Å². The van der Waals surface area contributed by atoms with Crippen LogP contribution in [0.2, 0.25) is 0 Å². The maximum absolute atomic E-state index is 2.28. The molecule has 116 valence electrons. The monoisotopic (exact) mass is 355 g/mol. The van der Waals surface area contributed by atoms with E-state index in [9.17, 15) is 0 Å². The third-order valence-corrected chi connectivity index (χ3v) is 7.74. The highest BCUT2D eigenvalue weighted by atomic mass is 32.2. The molecule has 0 heterocycles. The minimum absolute atomic E-state index is 0.0792. The molecule has 0 spiro atoms. The molecule has 0 aromatic heterocycles. The summed E-state index contributed by atoms with van der Waals surface area (Å²) in [5.74, 6) is 0. The molecule has 0 N–H and O–H groups in total. The molecule has 0 aliphatic heterocycles. The Labute approximate surface area is 150 Å². The Bertz CT molecular complexity index is 721. The van der Waals surface area contributed by atoms with Crippen molar-refractivity contribution in [3.05, 3.63) is 78.9 Å².